The number of aromatic nitrogens is 3. The fourth-order valence-electron chi connectivity index (χ4n) is 2.70. The molecule has 0 fully saturated rings. The van der Waals surface area contributed by atoms with Crippen LogP contribution in [0.2, 0.25) is 10.0 Å². The number of hydrogen-bond donors (Lipinski definition) is 2. The van der Waals surface area contributed by atoms with E-state index in [2.05, 4.69) is 9.97 Å². The van der Waals surface area contributed by atoms with Gasteiger partial charge in [0.1, 0.15) is 11.6 Å². The number of fused-ring (bicyclic) bond motifs is 1. The van der Waals surface area contributed by atoms with Crippen LogP contribution in [0.1, 0.15) is 30.8 Å². The highest BCUT2D eigenvalue weighted by atomic mass is 35.5. The Hall–Kier alpha value is -2.15. The molecule has 0 aliphatic rings. The molecule has 0 saturated heterocycles. The molecular weight excluding hydrogens is 361 g/mol. The van der Waals surface area contributed by atoms with Crippen molar-refractivity contribution in [3.8, 4) is 5.69 Å². The summed E-state index contributed by atoms with van der Waals surface area (Å²) in [6.45, 7) is 3.75. The van der Waals surface area contributed by atoms with Gasteiger partial charge in [0.25, 0.3) is 5.56 Å². The zero-order valence-corrected chi connectivity index (χ0v) is 15.3. The summed E-state index contributed by atoms with van der Waals surface area (Å²) in [4.78, 5) is 21.9. The summed E-state index contributed by atoms with van der Waals surface area (Å²) >= 11 is 12.5. The Morgan fingerprint density at radius 3 is 2.60 bits per heavy atom. The number of nitrogens with zero attached hydrogens (tertiary/aromatic N) is 3. The fraction of sp³-hybridized carbons (Fsp3) is 0.235. The van der Waals surface area contributed by atoms with Crippen LogP contribution in [0.3, 0.4) is 0 Å². The predicted octanol–water partition coefficient (Wildman–Crippen LogP) is 3.39. The molecule has 0 spiro atoms. The van der Waals surface area contributed by atoms with Crippen molar-refractivity contribution in [2.45, 2.75) is 26.3 Å². The van der Waals surface area contributed by atoms with E-state index in [1.54, 1.807) is 18.2 Å². The molecule has 0 bridgehead atoms. The van der Waals surface area contributed by atoms with E-state index in [-0.39, 0.29) is 16.0 Å². The van der Waals surface area contributed by atoms with E-state index >= 15 is 0 Å². The second-order valence-corrected chi connectivity index (χ2v) is 6.59. The minimum Gasteiger partial charge on any atom is -0.384 e. The second-order valence-electron chi connectivity index (χ2n) is 5.77. The lowest BCUT2D eigenvalue weighted by Crippen LogP contribution is -2.29. The van der Waals surface area contributed by atoms with Gasteiger partial charge in [0.15, 0.2) is 0 Å². The third kappa shape index (κ3) is 2.97. The number of nitrogen functional groups attached to an aromatic ring is 1. The molecule has 1 unspecified atom stereocenters. The number of anilines is 1. The van der Waals surface area contributed by atoms with Gasteiger partial charge in [-0.25, -0.2) is 9.97 Å². The summed E-state index contributed by atoms with van der Waals surface area (Å²) in [6, 6.07) is 4.42. The molecule has 3 rings (SSSR count). The predicted molar refractivity (Wildman–Crippen MR) is 102 cm³/mol. The molecule has 0 aliphatic carbocycles. The number of halogens is 2. The van der Waals surface area contributed by atoms with Gasteiger partial charge in [0.05, 0.1) is 38.9 Å². The number of nitrogens with two attached hydrogens (primary N) is 2. The Bertz CT molecular complexity index is 1030. The van der Waals surface area contributed by atoms with E-state index in [1.807, 2.05) is 13.8 Å². The SMILES string of the molecule is CCC(N)c1nc2c(Cl)ccc(Cl)c2c(=O)n1-c1cnc(N)cc1C. The van der Waals surface area contributed by atoms with Crippen molar-refractivity contribution in [1.82, 2.24) is 14.5 Å². The number of aryl methyl sites for hydroxylation is 1. The van der Waals surface area contributed by atoms with Gasteiger partial charge in [-0.3, -0.25) is 9.36 Å². The van der Waals surface area contributed by atoms with Gasteiger partial charge in [-0.15, -0.1) is 0 Å². The van der Waals surface area contributed by atoms with E-state index in [0.29, 0.717) is 34.3 Å². The second kappa shape index (κ2) is 6.63. The molecule has 2 aromatic heterocycles. The van der Waals surface area contributed by atoms with E-state index < -0.39 is 6.04 Å². The number of benzene rings is 1. The molecule has 4 N–H and O–H groups in total. The number of pyridine rings is 1. The first-order valence-corrected chi connectivity index (χ1v) is 8.49. The quantitative estimate of drug-likeness (QED) is 0.728. The molecule has 25 heavy (non-hydrogen) atoms. The van der Waals surface area contributed by atoms with Gasteiger partial charge in [0.2, 0.25) is 0 Å². The highest BCUT2D eigenvalue weighted by Crippen LogP contribution is 2.28. The van der Waals surface area contributed by atoms with Crippen molar-refractivity contribution >= 4 is 39.9 Å². The van der Waals surface area contributed by atoms with Crippen LogP contribution >= 0.6 is 23.2 Å². The van der Waals surface area contributed by atoms with Crippen molar-refractivity contribution in [1.29, 1.82) is 0 Å². The number of rotatable bonds is 3. The zero-order valence-electron chi connectivity index (χ0n) is 13.8. The molecule has 1 aromatic carbocycles. The first-order chi connectivity index (χ1) is 11.8. The molecular formula is C17H17Cl2N5O. The molecule has 130 valence electrons. The Morgan fingerprint density at radius 1 is 1.28 bits per heavy atom. The largest absolute Gasteiger partial charge is 0.384 e. The number of hydrogen-bond acceptors (Lipinski definition) is 5. The monoisotopic (exact) mass is 377 g/mol. The van der Waals surface area contributed by atoms with Gasteiger partial charge < -0.3 is 11.5 Å². The minimum atomic E-state index is -0.455. The van der Waals surface area contributed by atoms with Gasteiger partial charge in [-0.05, 0) is 37.1 Å². The molecule has 0 radical (unpaired) electrons. The highest BCUT2D eigenvalue weighted by Gasteiger charge is 2.21. The Kier molecular flexibility index (Phi) is 4.69. The van der Waals surface area contributed by atoms with Crippen LogP contribution in [-0.4, -0.2) is 14.5 Å². The van der Waals surface area contributed by atoms with Crippen LogP contribution in [-0.2, 0) is 0 Å². The highest BCUT2D eigenvalue weighted by molar-refractivity contribution is 6.39. The maximum absolute atomic E-state index is 13.2. The molecule has 0 saturated carbocycles. The average Bonchev–Trinajstić information content (AvgIpc) is 2.58. The summed E-state index contributed by atoms with van der Waals surface area (Å²) in [7, 11) is 0. The van der Waals surface area contributed by atoms with Crippen molar-refractivity contribution in [3.63, 3.8) is 0 Å². The molecule has 6 nitrogen and oxygen atoms in total. The van der Waals surface area contributed by atoms with Crippen LogP contribution in [0, 0.1) is 6.92 Å². The third-order valence-corrected chi connectivity index (χ3v) is 4.69. The lowest BCUT2D eigenvalue weighted by molar-refractivity contribution is 0.622. The van der Waals surface area contributed by atoms with Crippen molar-refractivity contribution < 1.29 is 0 Å². The summed E-state index contributed by atoms with van der Waals surface area (Å²) in [5, 5.41) is 0.876. The molecule has 2 heterocycles. The van der Waals surface area contributed by atoms with E-state index in [9.17, 15) is 4.79 Å². The Morgan fingerprint density at radius 2 is 1.96 bits per heavy atom. The van der Waals surface area contributed by atoms with Crippen LogP contribution in [0.4, 0.5) is 5.82 Å². The van der Waals surface area contributed by atoms with Gasteiger partial charge in [-0.1, -0.05) is 30.1 Å². The van der Waals surface area contributed by atoms with Crippen LogP contribution in [0.5, 0.6) is 0 Å². The fourth-order valence-corrected chi connectivity index (χ4v) is 3.14. The van der Waals surface area contributed by atoms with Crippen LogP contribution in [0.15, 0.2) is 29.2 Å². The van der Waals surface area contributed by atoms with E-state index in [1.165, 1.54) is 10.8 Å². The first-order valence-electron chi connectivity index (χ1n) is 7.73. The summed E-state index contributed by atoms with van der Waals surface area (Å²) < 4.78 is 1.44. The standard InChI is InChI=1S/C17H17Cl2N5O/c1-3-11(20)16-23-15-10(19)5-4-9(18)14(15)17(25)24(16)12-7-22-13(21)6-8(12)2/h4-7,11H,3,20H2,1-2H3,(H2,21,22). The smallest absolute Gasteiger partial charge is 0.267 e. The van der Waals surface area contributed by atoms with E-state index in [0.717, 1.165) is 5.56 Å². The summed E-state index contributed by atoms with van der Waals surface area (Å²) in [5.41, 5.74) is 13.3. The summed E-state index contributed by atoms with van der Waals surface area (Å²) in [5.74, 6) is 0.768. The molecule has 1 atom stereocenters. The lowest BCUT2D eigenvalue weighted by Gasteiger charge is -2.19. The zero-order chi connectivity index (χ0) is 18.3. The van der Waals surface area contributed by atoms with E-state index in [4.69, 9.17) is 34.7 Å². The van der Waals surface area contributed by atoms with Gasteiger partial charge >= 0.3 is 0 Å². The molecule has 3 aromatic rings. The average molecular weight is 378 g/mol. The first kappa shape index (κ1) is 17.7. The summed E-state index contributed by atoms with van der Waals surface area (Å²) in [6.07, 6.45) is 2.13. The normalized spacial score (nSPS) is 12.5. The molecule has 0 amide bonds. The lowest BCUT2D eigenvalue weighted by atomic mass is 10.1. The minimum absolute atomic E-state index is 0.248. The topological polar surface area (TPSA) is 99.8 Å². The van der Waals surface area contributed by atoms with Crippen LogP contribution in [0.25, 0.3) is 16.6 Å². The van der Waals surface area contributed by atoms with Crippen LogP contribution < -0.4 is 17.0 Å². The van der Waals surface area contributed by atoms with Gasteiger partial charge in [0, 0.05) is 0 Å². The van der Waals surface area contributed by atoms with Crippen molar-refractivity contribution in [2.75, 3.05) is 5.73 Å². The maximum Gasteiger partial charge on any atom is 0.267 e. The van der Waals surface area contributed by atoms with Crippen molar-refractivity contribution in [2.24, 2.45) is 5.73 Å². The maximum atomic E-state index is 13.2. The Balaban J connectivity index is 2.50. The van der Waals surface area contributed by atoms with Crippen molar-refractivity contribution in [3.05, 3.63) is 56.2 Å². The molecule has 8 heteroatoms. The van der Waals surface area contributed by atoms with Gasteiger partial charge in [-0.2, -0.15) is 0 Å². The third-order valence-electron chi connectivity index (χ3n) is 4.07. The Labute approximate surface area is 154 Å². The molecule has 0 aliphatic heterocycles.